The number of aryl methyl sites for hydroxylation is 2. The van der Waals surface area contributed by atoms with E-state index >= 15 is 0 Å². The summed E-state index contributed by atoms with van der Waals surface area (Å²) in [7, 11) is 0. The fourth-order valence-corrected chi connectivity index (χ4v) is 1.75. The second-order valence-corrected chi connectivity index (χ2v) is 3.97. The predicted molar refractivity (Wildman–Crippen MR) is 69.9 cm³/mol. The Morgan fingerprint density at radius 2 is 2.17 bits per heavy atom. The highest BCUT2D eigenvalue weighted by Crippen LogP contribution is 2.27. The van der Waals surface area contributed by atoms with E-state index in [0.29, 0.717) is 17.9 Å². The van der Waals surface area contributed by atoms with Crippen LogP contribution >= 0.6 is 0 Å². The quantitative estimate of drug-likeness (QED) is 0.650. The molecule has 0 heterocycles. The van der Waals surface area contributed by atoms with Crippen LogP contribution in [0, 0.1) is 25.2 Å². The molecule has 0 saturated heterocycles. The van der Waals surface area contributed by atoms with Crippen LogP contribution in [0.25, 0.3) is 6.08 Å². The van der Waals surface area contributed by atoms with Gasteiger partial charge in [-0.25, -0.2) is 0 Å². The van der Waals surface area contributed by atoms with Crippen LogP contribution in [0.1, 0.15) is 23.6 Å². The Balaban J connectivity index is 3.39. The lowest BCUT2D eigenvalue weighted by molar-refractivity contribution is -0.114. The Labute approximate surface area is 107 Å². The molecule has 1 aromatic carbocycles. The largest absolute Gasteiger partial charge is 0.493 e. The molecule has 0 saturated carbocycles. The van der Waals surface area contributed by atoms with Crippen molar-refractivity contribution in [2.24, 2.45) is 5.73 Å². The average molecular weight is 244 g/mol. The van der Waals surface area contributed by atoms with Gasteiger partial charge in [0.15, 0.2) is 0 Å². The van der Waals surface area contributed by atoms with Gasteiger partial charge in [0.1, 0.15) is 17.4 Å². The summed E-state index contributed by atoms with van der Waals surface area (Å²) in [5, 5.41) is 8.86. The smallest absolute Gasteiger partial charge is 0.259 e. The van der Waals surface area contributed by atoms with Crippen LogP contribution in [0.4, 0.5) is 0 Å². The first-order valence-corrected chi connectivity index (χ1v) is 5.65. The van der Waals surface area contributed by atoms with Gasteiger partial charge in [0.05, 0.1) is 6.61 Å². The van der Waals surface area contributed by atoms with Crippen LogP contribution in [0.2, 0.25) is 0 Å². The van der Waals surface area contributed by atoms with E-state index in [-0.39, 0.29) is 5.57 Å². The van der Waals surface area contributed by atoms with E-state index in [1.165, 1.54) is 6.08 Å². The van der Waals surface area contributed by atoms with Gasteiger partial charge in [-0.1, -0.05) is 11.6 Å². The lowest BCUT2D eigenvalue weighted by Gasteiger charge is -2.12. The number of carbonyl (C=O) groups excluding carboxylic acids is 1. The first-order valence-electron chi connectivity index (χ1n) is 5.65. The Bertz CT molecular complexity index is 539. The minimum absolute atomic E-state index is 0.0825. The van der Waals surface area contributed by atoms with Crippen LogP contribution < -0.4 is 10.5 Å². The number of hydrogen-bond acceptors (Lipinski definition) is 3. The molecule has 0 radical (unpaired) electrons. The minimum Gasteiger partial charge on any atom is -0.493 e. The lowest BCUT2D eigenvalue weighted by Crippen LogP contribution is -2.12. The third kappa shape index (κ3) is 3.11. The maximum atomic E-state index is 11.1. The molecule has 1 amide bonds. The molecule has 0 aromatic heterocycles. The molecule has 0 spiro atoms. The van der Waals surface area contributed by atoms with Crippen molar-refractivity contribution in [3.8, 4) is 11.8 Å². The second-order valence-electron chi connectivity index (χ2n) is 3.97. The molecule has 0 aliphatic heterocycles. The molecule has 0 aliphatic carbocycles. The number of nitrogens with zero attached hydrogens (tertiary/aromatic N) is 1. The number of carbonyl (C=O) groups is 1. The highest BCUT2D eigenvalue weighted by atomic mass is 16.5. The van der Waals surface area contributed by atoms with Gasteiger partial charge in [0.25, 0.3) is 5.91 Å². The monoisotopic (exact) mass is 244 g/mol. The van der Waals surface area contributed by atoms with Crippen LogP contribution in [0.15, 0.2) is 17.7 Å². The third-order valence-corrected chi connectivity index (χ3v) is 2.42. The van der Waals surface area contributed by atoms with Gasteiger partial charge >= 0.3 is 0 Å². The number of ether oxygens (including phenoxy) is 1. The van der Waals surface area contributed by atoms with Gasteiger partial charge in [0, 0.05) is 5.56 Å². The highest BCUT2D eigenvalue weighted by molar-refractivity contribution is 6.00. The molecule has 2 N–H and O–H groups in total. The molecule has 0 unspecified atom stereocenters. The first-order chi connectivity index (χ1) is 8.49. The van der Waals surface area contributed by atoms with Crippen molar-refractivity contribution in [1.82, 2.24) is 0 Å². The third-order valence-electron chi connectivity index (χ3n) is 2.42. The van der Waals surface area contributed by atoms with Crippen LogP contribution in [-0.4, -0.2) is 12.5 Å². The number of rotatable bonds is 4. The standard InChI is InChI=1S/C14H16N2O2/c1-4-18-13-10(3)5-9(2)6-11(13)7-12(8-15)14(16)17/h5-7H,4H2,1-3H3,(H2,16,17)/b12-7+. The Morgan fingerprint density at radius 1 is 1.50 bits per heavy atom. The Hall–Kier alpha value is -2.28. The normalized spacial score (nSPS) is 10.9. The van der Waals surface area contributed by atoms with E-state index in [1.54, 1.807) is 6.07 Å². The molecular formula is C14H16N2O2. The van der Waals surface area contributed by atoms with Crippen molar-refractivity contribution < 1.29 is 9.53 Å². The summed E-state index contributed by atoms with van der Waals surface area (Å²) >= 11 is 0. The molecule has 0 fully saturated rings. The van der Waals surface area contributed by atoms with Crippen molar-refractivity contribution in [2.45, 2.75) is 20.8 Å². The number of amides is 1. The molecule has 0 aliphatic rings. The van der Waals surface area contributed by atoms with Gasteiger partial charge in [-0.05, 0) is 38.5 Å². The summed E-state index contributed by atoms with van der Waals surface area (Å²) in [4.78, 5) is 11.1. The van der Waals surface area contributed by atoms with Gasteiger partial charge in [0.2, 0.25) is 0 Å². The molecule has 1 aromatic rings. The summed E-state index contributed by atoms with van der Waals surface area (Å²) in [5.74, 6) is -0.0591. The molecule has 0 atom stereocenters. The number of nitrogens with two attached hydrogens (primary N) is 1. The highest BCUT2D eigenvalue weighted by Gasteiger charge is 2.10. The van der Waals surface area contributed by atoms with Gasteiger partial charge < -0.3 is 10.5 Å². The zero-order valence-corrected chi connectivity index (χ0v) is 10.8. The fraction of sp³-hybridized carbons (Fsp3) is 0.286. The van der Waals surface area contributed by atoms with Crippen LogP contribution in [-0.2, 0) is 4.79 Å². The minimum atomic E-state index is -0.737. The van der Waals surface area contributed by atoms with Gasteiger partial charge in [-0.3, -0.25) is 4.79 Å². The zero-order chi connectivity index (χ0) is 13.7. The molecule has 94 valence electrons. The summed E-state index contributed by atoms with van der Waals surface area (Å²) in [6, 6.07) is 5.63. The van der Waals surface area contributed by atoms with E-state index < -0.39 is 5.91 Å². The number of primary amides is 1. The molecule has 18 heavy (non-hydrogen) atoms. The number of nitriles is 1. The van der Waals surface area contributed by atoms with E-state index in [4.69, 9.17) is 15.7 Å². The number of benzene rings is 1. The van der Waals surface area contributed by atoms with Crippen molar-refractivity contribution in [2.75, 3.05) is 6.61 Å². The second kappa shape index (κ2) is 5.87. The SMILES string of the molecule is CCOc1c(C)cc(C)cc1/C=C(\C#N)C(N)=O. The van der Waals surface area contributed by atoms with Crippen molar-refractivity contribution in [1.29, 1.82) is 5.26 Å². The van der Waals surface area contributed by atoms with Crippen molar-refractivity contribution in [3.05, 3.63) is 34.4 Å². The Morgan fingerprint density at radius 3 is 2.67 bits per heavy atom. The maximum absolute atomic E-state index is 11.1. The average Bonchev–Trinajstić information content (AvgIpc) is 2.29. The molecule has 4 nitrogen and oxygen atoms in total. The Kier molecular flexibility index (Phi) is 4.50. The summed E-state index contributed by atoms with van der Waals surface area (Å²) in [5.41, 5.74) is 7.74. The molecular weight excluding hydrogens is 228 g/mol. The topological polar surface area (TPSA) is 76.1 Å². The van der Waals surface area contributed by atoms with E-state index in [0.717, 1.165) is 11.1 Å². The predicted octanol–water partition coefficient (Wildman–Crippen LogP) is 2.09. The maximum Gasteiger partial charge on any atom is 0.259 e. The van der Waals surface area contributed by atoms with Crippen molar-refractivity contribution in [3.63, 3.8) is 0 Å². The summed E-state index contributed by atoms with van der Waals surface area (Å²) in [6.45, 7) is 6.26. The molecule has 0 bridgehead atoms. The summed E-state index contributed by atoms with van der Waals surface area (Å²) in [6.07, 6.45) is 1.47. The van der Waals surface area contributed by atoms with Gasteiger partial charge in [-0.15, -0.1) is 0 Å². The summed E-state index contributed by atoms with van der Waals surface area (Å²) < 4.78 is 5.54. The molecule has 4 heteroatoms. The van der Waals surface area contributed by atoms with Crippen molar-refractivity contribution >= 4 is 12.0 Å². The van der Waals surface area contributed by atoms with Gasteiger partial charge in [-0.2, -0.15) is 5.26 Å². The van der Waals surface area contributed by atoms with E-state index in [2.05, 4.69) is 0 Å². The lowest BCUT2D eigenvalue weighted by atomic mass is 10.0. The fourth-order valence-electron chi connectivity index (χ4n) is 1.75. The van der Waals surface area contributed by atoms with Crippen LogP contribution in [0.5, 0.6) is 5.75 Å². The zero-order valence-electron chi connectivity index (χ0n) is 10.8. The number of hydrogen-bond donors (Lipinski definition) is 1. The molecule has 1 rings (SSSR count). The van der Waals surface area contributed by atoms with E-state index in [9.17, 15) is 4.79 Å². The first kappa shape index (κ1) is 13.8. The van der Waals surface area contributed by atoms with E-state index in [1.807, 2.05) is 32.9 Å². The van der Waals surface area contributed by atoms with Crippen LogP contribution in [0.3, 0.4) is 0 Å².